The third-order valence-electron chi connectivity index (χ3n) is 3.09. The topological polar surface area (TPSA) is 49.4 Å². The molecule has 1 saturated heterocycles. The fourth-order valence-corrected chi connectivity index (χ4v) is 3.45. The lowest BCUT2D eigenvalue weighted by Gasteiger charge is -2.25. The molecule has 1 N–H and O–H groups in total. The Bertz CT molecular complexity index is 351. The first-order valence-electron chi connectivity index (χ1n) is 5.92. The van der Waals surface area contributed by atoms with E-state index >= 15 is 0 Å². The zero-order valence-electron chi connectivity index (χ0n) is 10.3. The van der Waals surface area contributed by atoms with Gasteiger partial charge in [0.05, 0.1) is 12.2 Å². The third kappa shape index (κ3) is 5.53. The zero-order valence-corrected chi connectivity index (χ0v) is 11.1. The highest BCUT2D eigenvalue weighted by Gasteiger charge is 2.31. The maximum atomic E-state index is 12.0. The summed E-state index contributed by atoms with van der Waals surface area (Å²) in [6, 6.07) is 0. The molecule has 1 heterocycles. The Kier molecular flexibility index (Phi) is 5.42. The Balaban J connectivity index is 2.46. The van der Waals surface area contributed by atoms with E-state index in [0.29, 0.717) is 0 Å². The Labute approximate surface area is 106 Å². The molecule has 0 radical (unpaired) electrons. The molecule has 0 aromatic heterocycles. The molecule has 108 valence electrons. The van der Waals surface area contributed by atoms with Gasteiger partial charge in [-0.1, -0.05) is 0 Å². The Hall–Kier alpha value is -0.340. The first-order chi connectivity index (χ1) is 8.21. The molecular weight excluding hydrogens is 269 g/mol. The quantitative estimate of drug-likeness (QED) is 0.827. The molecule has 18 heavy (non-hydrogen) atoms. The van der Waals surface area contributed by atoms with Crippen molar-refractivity contribution in [2.24, 2.45) is 5.92 Å². The summed E-state index contributed by atoms with van der Waals surface area (Å²) in [5, 5.41) is 3.12. The van der Waals surface area contributed by atoms with E-state index in [9.17, 15) is 21.6 Å². The molecular formula is C10H19F3N2O2S. The molecule has 0 amide bonds. The van der Waals surface area contributed by atoms with Gasteiger partial charge in [0.25, 0.3) is 0 Å². The van der Waals surface area contributed by atoms with Crippen molar-refractivity contribution in [3.63, 3.8) is 0 Å². The van der Waals surface area contributed by atoms with Gasteiger partial charge in [0.2, 0.25) is 10.0 Å². The smallest absolute Gasteiger partial charge is 0.317 e. The standard InChI is InChI=1S/C10H19F3N2O2S/c1-15(7-4-10(11,12)13)18(16,17)8-9-2-5-14-6-3-9/h9,14H,2-8H2,1H3. The number of piperidine rings is 1. The van der Waals surface area contributed by atoms with Gasteiger partial charge in [-0.3, -0.25) is 0 Å². The van der Waals surface area contributed by atoms with Gasteiger partial charge in [0, 0.05) is 13.6 Å². The summed E-state index contributed by atoms with van der Waals surface area (Å²) in [4.78, 5) is 0. The number of rotatable bonds is 5. The summed E-state index contributed by atoms with van der Waals surface area (Å²) >= 11 is 0. The maximum Gasteiger partial charge on any atom is 0.390 e. The lowest BCUT2D eigenvalue weighted by molar-refractivity contribution is -0.135. The van der Waals surface area contributed by atoms with Crippen molar-refractivity contribution >= 4 is 10.0 Å². The Morgan fingerprint density at radius 3 is 2.33 bits per heavy atom. The minimum Gasteiger partial charge on any atom is -0.317 e. The van der Waals surface area contributed by atoms with Crippen LogP contribution in [0.25, 0.3) is 0 Å². The second-order valence-electron chi connectivity index (χ2n) is 4.66. The van der Waals surface area contributed by atoms with Crippen LogP contribution in [0.1, 0.15) is 19.3 Å². The van der Waals surface area contributed by atoms with Gasteiger partial charge >= 0.3 is 6.18 Å². The number of hydrogen-bond donors (Lipinski definition) is 1. The van der Waals surface area contributed by atoms with E-state index < -0.39 is 29.2 Å². The molecule has 1 aliphatic rings. The Morgan fingerprint density at radius 2 is 1.83 bits per heavy atom. The first kappa shape index (κ1) is 15.7. The molecule has 0 atom stereocenters. The van der Waals surface area contributed by atoms with Crippen LogP contribution in [0.4, 0.5) is 13.2 Å². The molecule has 0 aliphatic carbocycles. The van der Waals surface area contributed by atoms with Crippen molar-refractivity contribution in [1.82, 2.24) is 9.62 Å². The highest BCUT2D eigenvalue weighted by Crippen LogP contribution is 2.21. The van der Waals surface area contributed by atoms with Crippen LogP contribution in [0, 0.1) is 5.92 Å². The van der Waals surface area contributed by atoms with Crippen LogP contribution in [-0.2, 0) is 10.0 Å². The molecule has 8 heteroatoms. The monoisotopic (exact) mass is 288 g/mol. The van der Waals surface area contributed by atoms with Crippen LogP contribution < -0.4 is 5.32 Å². The van der Waals surface area contributed by atoms with Crippen LogP contribution in [0.15, 0.2) is 0 Å². The van der Waals surface area contributed by atoms with E-state index in [1.54, 1.807) is 0 Å². The van der Waals surface area contributed by atoms with Crippen LogP contribution in [0.3, 0.4) is 0 Å². The molecule has 0 unspecified atom stereocenters. The third-order valence-corrected chi connectivity index (χ3v) is 5.12. The van der Waals surface area contributed by atoms with E-state index in [1.807, 2.05) is 0 Å². The molecule has 1 fully saturated rings. The molecule has 0 aromatic carbocycles. The molecule has 1 rings (SSSR count). The van der Waals surface area contributed by atoms with Crippen molar-refractivity contribution in [2.75, 3.05) is 32.4 Å². The highest BCUT2D eigenvalue weighted by molar-refractivity contribution is 7.89. The summed E-state index contributed by atoms with van der Waals surface area (Å²) in [6.45, 7) is 1.04. The van der Waals surface area contributed by atoms with E-state index in [1.165, 1.54) is 7.05 Å². The maximum absolute atomic E-state index is 12.0. The van der Waals surface area contributed by atoms with Gasteiger partial charge in [0.15, 0.2) is 0 Å². The Morgan fingerprint density at radius 1 is 1.28 bits per heavy atom. The van der Waals surface area contributed by atoms with Gasteiger partial charge in [-0.15, -0.1) is 0 Å². The molecule has 0 aromatic rings. The number of nitrogens with one attached hydrogen (secondary N) is 1. The van der Waals surface area contributed by atoms with Crippen molar-refractivity contribution < 1.29 is 21.6 Å². The molecule has 0 bridgehead atoms. The van der Waals surface area contributed by atoms with E-state index in [0.717, 1.165) is 30.2 Å². The number of sulfonamides is 1. The van der Waals surface area contributed by atoms with E-state index in [2.05, 4.69) is 5.32 Å². The van der Waals surface area contributed by atoms with Crippen molar-refractivity contribution in [1.29, 1.82) is 0 Å². The summed E-state index contributed by atoms with van der Waals surface area (Å²) in [6.07, 6.45) is -3.91. The van der Waals surface area contributed by atoms with Crippen molar-refractivity contribution in [2.45, 2.75) is 25.4 Å². The predicted octanol–water partition coefficient (Wildman–Crippen LogP) is 1.20. The van der Waals surface area contributed by atoms with Gasteiger partial charge < -0.3 is 5.32 Å². The number of alkyl halides is 3. The minimum absolute atomic E-state index is 0.0459. The molecule has 0 spiro atoms. The van der Waals surface area contributed by atoms with Gasteiger partial charge in [-0.2, -0.15) is 13.2 Å². The molecule has 4 nitrogen and oxygen atoms in total. The van der Waals surface area contributed by atoms with Gasteiger partial charge in [-0.05, 0) is 31.8 Å². The van der Waals surface area contributed by atoms with Crippen LogP contribution in [0.2, 0.25) is 0 Å². The second-order valence-corrected chi connectivity index (χ2v) is 6.78. The largest absolute Gasteiger partial charge is 0.390 e. The fraction of sp³-hybridized carbons (Fsp3) is 1.00. The summed E-state index contributed by atoms with van der Waals surface area (Å²) in [5.74, 6) is -0.00663. The van der Waals surface area contributed by atoms with Crippen LogP contribution >= 0.6 is 0 Å². The number of nitrogens with zero attached hydrogens (tertiary/aromatic N) is 1. The number of hydrogen-bond acceptors (Lipinski definition) is 3. The average Bonchev–Trinajstić information content (AvgIpc) is 2.25. The van der Waals surface area contributed by atoms with E-state index in [-0.39, 0.29) is 11.7 Å². The fourth-order valence-electron chi connectivity index (χ4n) is 1.90. The zero-order chi connectivity index (χ0) is 13.8. The van der Waals surface area contributed by atoms with Crippen LogP contribution in [0.5, 0.6) is 0 Å². The van der Waals surface area contributed by atoms with Crippen LogP contribution in [-0.4, -0.2) is 51.3 Å². The SMILES string of the molecule is CN(CCC(F)(F)F)S(=O)(=O)CC1CCNCC1. The van der Waals surface area contributed by atoms with Crippen molar-refractivity contribution in [3.05, 3.63) is 0 Å². The van der Waals surface area contributed by atoms with Crippen molar-refractivity contribution in [3.8, 4) is 0 Å². The lowest BCUT2D eigenvalue weighted by atomic mass is 10.0. The minimum atomic E-state index is -4.32. The average molecular weight is 288 g/mol. The summed E-state index contributed by atoms with van der Waals surface area (Å²) in [7, 11) is -2.37. The van der Waals surface area contributed by atoms with Gasteiger partial charge in [-0.25, -0.2) is 12.7 Å². The molecule has 0 saturated carbocycles. The normalized spacial score (nSPS) is 19.4. The lowest BCUT2D eigenvalue weighted by Crippen LogP contribution is -2.37. The second kappa shape index (κ2) is 6.21. The van der Waals surface area contributed by atoms with Gasteiger partial charge in [0.1, 0.15) is 0 Å². The molecule has 1 aliphatic heterocycles. The van der Waals surface area contributed by atoms with E-state index in [4.69, 9.17) is 0 Å². The highest BCUT2D eigenvalue weighted by atomic mass is 32.2. The number of halogens is 3. The predicted molar refractivity (Wildman–Crippen MR) is 62.7 cm³/mol. The summed E-state index contributed by atoms with van der Waals surface area (Å²) in [5.41, 5.74) is 0. The first-order valence-corrected chi connectivity index (χ1v) is 7.53. The summed E-state index contributed by atoms with van der Waals surface area (Å²) < 4.78 is 60.6.